The van der Waals surface area contributed by atoms with Gasteiger partial charge in [0.25, 0.3) is 0 Å². The van der Waals surface area contributed by atoms with Crippen LogP contribution in [0, 0.1) is 5.41 Å². The minimum atomic E-state index is -4.68. The zero-order valence-corrected chi connectivity index (χ0v) is 24.0. The number of alkyl halides is 3. The van der Waals surface area contributed by atoms with Gasteiger partial charge in [0.05, 0.1) is 46.7 Å². The molecule has 0 aromatic carbocycles. The van der Waals surface area contributed by atoms with Crippen molar-refractivity contribution in [2.24, 2.45) is 5.41 Å². The lowest BCUT2D eigenvalue weighted by Crippen LogP contribution is -2.49. The largest absolute Gasteiger partial charge is 0.477 e. The molecule has 224 valence electrons. The number of nitrogens with zero attached hydrogens (tertiary/aromatic N) is 3. The molecule has 8 nitrogen and oxygen atoms in total. The maximum Gasteiger partial charge on any atom is 0.416 e. The fraction of sp³-hybridized carbons (Fsp3) is 0.517. The molecule has 4 fully saturated rings. The van der Waals surface area contributed by atoms with Crippen LogP contribution in [0.15, 0.2) is 29.0 Å². The van der Waals surface area contributed by atoms with E-state index in [9.17, 15) is 23.1 Å². The number of carboxylic acid groups (broad SMARTS) is 1. The highest BCUT2D eigenvalue weighted by Gasteiger charge is 2.50. The lowest BCUT2D eigenvalue weighted by atomic mass is 9.59. The Morgan fingerprint density at radius 1 is 1.05 bits per heavy atom. The summed E-state index contributed by atoms with van der Waals surface area (Å²) in [7, 11) is 0. The standard InChI is InChI=1S/C29H28Cl2F3N3O5/c30-20-11-35-12-21(31)23(20)24-19(25(42-37-24)16-1-2-16)14-41-28-6-3-27(4-7-28,5-8-28)15-40-13-18-9-17(29(32,33)34)10-22(36-18)26(38)39/h9-12,16H,1-8,13-15H2,(H,38,39). The molecule has 0 atom stereocenters. The van der Waals surface area contributed by atoms with Gasteiger partial charge in [-0.2, -0.15) is 13.2 Å². The Hall–Kier alpha value is -2.73. The van der Waals surface area contributed by atoms with E-state index in [-0.39, 0.29) is 23.3 Å². The number of hydrogen-bond donors (Lipinski definition) is 1. The molecule has 2 bridgehead atoms. The van der Waals surface area contributed by atoms with Gasteiger partial charge in [-0.1, -0.05) is 28.4 Å². The van der Waals surface area contributed by atoms with Crippen LogP contribution in [0.2, 0.25) is 10.0 Å². The van der Waals surface area contributed by atoms with E-state index in [0.29, 0.717) is 46.5 Å². The number of ether oxygens (including phenoxy) is 2. The number of hydrogen-bond acceptors (Lipinski definition) is 7. The van der Waals surface area contributed by atoms with E-state index in [2.05, 4.69) is 15.1 Å². The molecule has 4 aliphatic rings. The Labute approximate surface area is 249 Å². The molecule has 0 saturated heterocycles. The Bertz CT molecular complexity index is 1460. The maximum absolute atomic E-state index is 13.2. The van der Waals surface area contributed by atoms with Crippen LogP contribution in [-0.2, 0) is 28.9 Å². The monoisotopic (exact) mass is 625 g/mol. The van der Waals surface area contributed by atoms with Crippen molar-refractivity contribution in [2.45, 2.75) is 82.3 Å². The van der Waals surface area contributed by atoms with E-state index < -0.39 is 23.4 Å². The Morgan fingerprint density at radius 2 is 1.71 bits per heavy atom. The first-order valence-corrected chi connectivity index (χ1v) is 14.5. The Balaban J connectivity index is 1.10. The van der Waals surface area contributed by atoms with Crippen molar-refractivity contribution < 1.29 is 37.1 Å². The molecule has 42 heavy (non-hydrogen) atoms. The molecule has 0 amide bonds. The number of pyridine rings is 2. The molecule has 3 heterocycles. The van der Waals surface area contributed by atoms with Gasteiger partial charge in [-0.25, -0.2) is 9.78 Å². The highest BCUT2D eigenvalue weighted by Crippen LogP contribution is 2.55. The van der Waals surface area contributed by atoms with Gasteiger partial charge < -0.3 is 19.1 Å². The predicted molar refractivity (Wildman–Crippen MR) is 145 cm³/mol. The van der Waals surface area contributed by atoms with Crippen molar-refractivity contribution in [3.63, 3.8) is 0 Å². The topological polar surface area (TPSA) is 108 Å². The summed E-state index contributed by atoms with van der Waals surface area (Å²) in [6.45, 7) is 0.467. The lowest BCUT2D eigenvalue weighted by molar-refractivity contribution is -0.158. The highest BCUT2D eigenvalue weighted by atomic mass is 35.5. The van der Waals surface area contributed by atoms with Gasteiger partial charge in [-0.15, -0.1) is 0 Å². The zero-order valence-electron chi connectivity index (χ0n) is 22.5. The summed E-state index contributed by atoms with van der Waals surface area (Å²) in [5, 5.41) is 14.3. The second kappa shape index (κ2) is 11.1. The fourth-order valence-electron chi connectivity index (χ4n) is 6.16. The van der Waals surface area contributed by atoms with Crippen LogP contribution in [0.1, 0.15) is 90.4 Å². The molecule has 4 saturated carbocycles. The van der Waals surface area contributed by atoms with E-state index in [1.807, 2.05) is 0 Å². The number of rotatable bonds is 10. The third kappa shape index (κ3) is 5.89. The third-order valence-electron chi connectivity index (χ3n) is 8.80. The number of carboxylic acids is 1. The molecular formula is C29H28Cl2F3N3O5. The van der Waals surface area contributed by atoms with Crippen LogP contribution in [0.25, 0.3) is 11.3 Å². The van der Waals surface area contributed by atoms with E-state index in [4.69, 9.17) is 37.2 Å². The number of carbonyl (C=O) groups is 1. The van der Waals surface area contributed by atoms with E-state index in [1.165, 1.54) is 12.4 Å². The van der Waals surface area contributed by atoms with Gasteiger partial charge in [0.15, 0.2) is 0 Å². The second-order valence-electron chi connectivity index (χ2n) is 11.6. The molecule has 0 spiro atoms. The van der Waals surface area contributed by atoms with Crippen LogP contribution in [0.3, 0.4) is 0 Å². The van der Waals surface area contributed by atoms with Crippen molar-refractivity contribution in [3.8, 4) is 11.3 Å². The zero-order chi connectivity index (χ0) is 29.7. The summed E-state index contributed by atoms with van der Waals surface area (Å²) >= 11 is 12.9. The van der Waals surface area contributed by atoms with Crippen molar-refractivity contribution in [2.75, 3.05) is 6.61 Å². The van der Waals surface area contributed by atoms with E-state index in [1.54, 1.807) is 0 Å². The van der Waals surface area contributed by atoms with E-state index >= 15 is 0 Å². The molecule has 0 radical (unpaired) electrons. The molecule has 0 unspecified atom stereocenters. The first-order chi connectivity index (χ1) is 20.0. The van der Waals surface area contributed by atoms with Crippen LogP contribution in [-0.4, -0.2) is 38.4 Å². The van der Waals surface area contributed by atoms with Gasteiger partial charge in [0.1, 0.15) is 17.1 Å². The van der Waals surface area contributed by atoms with Crippen molar-refractivity contribution >= 4 is 29.2 Å². The molecule has 13 heteroatoms. The molecular weight excluding hydrogens is 598 g/mol. The molecule has 3 aromatic heterocycles. The van der Waals surface area contributed by atoms with Crippen LogP contribution in [0.4, 0.5) is 13.2 Å². The number of halogens is 5. The van der Waals surface area contributed by atoms with Crippen LogP contribution >= 0.6 is 23.2 Å². The summed E-state index contributed by atoms with van der Waals surface area (Å²) in [6, 6.07) is 1.37. The third-order valence-corrected chi connectivity index (χ3v) is 9.37. The average molecular weight is 626 g/mol. The quantitative estimate of drug-likeness (QED) is 0.242. The summed E-state index contributed by atoms with van der Waals surface area (Å²) < 4.78 is 58.0. The number of aromatic nitrogens is 3. The van der Waals surface area contributed by atoms with Crippen molar-refractivity contribution in [1.29, 1.82) is 0 Å². The van der Waals surface area contributed by atoms with E-state index in [0.717, 1.165) is 68.8 Å². The number of fused-ring (bicyclic) bond motifs is 3. The molecule has 0 aliphatic heterocycles. The fourth-order valence-corrected chi connectivity index (χ4v) is 6.70. The van der Waals surface area contributed by atoms with Crippen LogP contribution in [0.5, 0.6) is 0 Å². The number of aromatic carboxylic acids is 1. The van der Waals surface area contributed by atoms with Gasteiger partial charge in [-0.3, -0.25) is 4.98 Å². The first-order valence-electron chi connectivity index (χ1n) is 13.8. The molecule has 3 aromatic rings. The molecule has 4 aliphatic carbocycles. The van der Waals surface area contributed by atoms with Gasteiger partial charge in [-0.05, 0) is 68.9 Å². The summed E-state index contributed by atoms with van der Waals surface area (Å²) in [6.07, 6.45) is 5.41. The van der Waals surface area contributed by atoms with Gasteiger partial charge in [0, 0.05) is 29.4 Å². The van der Waals surface area contributed by atoms with Gasteiger partial charge >= 0.3 is 12.1 Å². The summed E-state index contributed by atoms with van der Waals surface area (Å²) in [5.74, 6) is -0.400. The average Bonchev–Trinajstić information content (AvgIpc) is 3.72. The normalized spacial score (nSPS) is 23.8. The molecule has 7 rings (SSSR count). The SMILES string of the molecule is O=C(O)c1cc(C(F)(F)F)cc(COCC23CCC(OCc4c(-c5c(Cl)cncc5Cl)noc4C4CC4)(CC2)CC3)n1. The Kier molecular flexibility index (Phi) is 7.74. The van der Waals surface area contributed by atoms with Crippen molar-refractivity contribution in [1.82, 2.24) is 15.1 Å². The molecule has 1 N–H and O–H groups in total. The van der Waals surface area contributed by atoms with Gasteiger partial charge in [0.2, 0.25) is 0 Å². The maximum atomic E-state index is 13.2. The first kappa shape index (κ1) is 29.3. The highest BCUT2D eigenvalue weighted by molar-refractivity contribution is 6.38. The smallest absolute Gasteiger partial charge is 0.416 e. The van der Waals surface area contributed by atoms with Crippen molar-refractivity contribution in [3.05, 3.63) is 62.8 Å². The summed E-state index contributed by atoms with van der Waals surface area (Å²) in [4.78, 5) is 19.2. The predicted octanol–water partition coefficient (Wildman–Crippen LogP) is 7.86. The minimum absolute atomic E-state index is 0.0617. The minimum Gasteiger partial charge on any atom is -0.477 e. The summed E-state index contributed by atoms with van der Waals surface area (Å²) in [5.41, 5.74) is -0.172. The lowest BCUT2D eigenvalue weighted by Gasteiger charge is -2.53. The Morgan fingerprint density at radius 3 is 2.31 bits per heavy atom. The second-order valence-corrected chi connectivity index (χ2v) is 12.4. The van der Waals surface area contributed by atoms with Crippen LogP contribution < -0.4 is 0 Å².